The summed E-state index contributed by atoms with van der Waals surface area (Å²) in [4.78, 5) is 12.9. The van der Waals surface area contributed by atoms with E-state index in [4.69, 9.17) is 0 Å². The van der Waals surface area contributed by atoms with E-state index in [9.17, 15) is 14.1 Å². The summed E-state index contributed by atoms with van der Waals surface area (Å²) < 4.78 is 12.6. The standard InChI is InChI=1S/C16H14O3S2/c17-16(18)13-6-2-4-8-15(13)21(19)10-11-9-20-14-7-3-1-5-12(11)14/h1-8,11H,9-10H2,(H,17,18). The molecule has 0 aliphatic carbocycles. The average molecular weight is 318 g/mol. The minimum absolute atomic E-state index is 0.134. The van der Waals surface area contributed by atoms with Crippen LogP contribution in [0.3, 0.4) is 0 Å². The van der Waals surface area contributed by atoms with Crippen LogP contribution in [0, 0.1) is 0 Å². The van der Waals surface area contributed by atoms with Crippen LogP contribution in [0.4, 0.5) is 0 Å². The van der Waals surface area contributed by atoms with Crippen LogP contribution >= 0.6 is 11.8 Å². The van der Waals surface area contributed by atoms with E-state index in [1.165, 1.54) is 16.5 Å². The maximum absolute atomic E-state index is 12.6. The molecule has 0 radical (unpaired) electrons. The Morgan fingerprint density at radius 3 is 2.71 bits per heavy atom. The van der Waals surface area contributed by atoms with Crippen molar-refractivity contribution in [3.8, 4) is 0 Å². The number of rotatable bonds is 4. The fraction of sp³-hybridized carbons (Fsp3) is 0.188. The van der Waals surface area contributed by atoms with Gasteiger partial charge in [-0.25, -0.2) is 4.79 Å². The lowest BCUT2D eigenvalue weighted by Crippen LogP contribution is -2.12. The molecule has 1 N–H and O–H groups in total. The molecule has 0 amide bonds. The summed E-state index contributed by atoms with van der Waals surface area (Å²) in [6, 6.07) is 14.7. The Morgan fingerprint density at radius 1 is 1.19 bits per heavy atom. The van der Waals surface area contributed by atoms with E-state index < -0.39 is 16.8 Å². The molecule has 3 nitrogen and oxygen atoms in total. The fourth-order valence-electron chi connectivity index (χ4n) is 2.48. The minimum atomic E-state index is -1.31. The fourth-order valence-corrected chi connectivity index (χ4v) is 5.36. The smallest absolute Gasteiger partial charge is 0.336 e. The van der Waals surface area contributed by atoms with Crippen LogP contribution in [0.15, 0.2) is 58.3 Å². The molecule has 0 saturated carbocycles. The molecule has 0 saturated heterocycles. The molecule has 108 valence electrons. The van der Waals surface area contributed by atoms with Gasteiger partial charge in [-0.2, -0.15) is 0 Å². The molecule has 2 aromatic rings. The van der Waals surface area contributed by atoms with Crippen LogP contribution in [-0.4, -0.2) is 26.8 Å². The maximum Gasteiger partial charge on any atom is 0.336 e. The number of carboxylic acids is 1. The summed E-state index contributed by atoms with van der Waals surface area (Å²) >= 11 is 1.77. The van der Waals surface area contributed by atoms with Gasteiger partial charge in [-0.1, -0.05) is 30.3 Å². The van der Waals surface area contributed by atoms with Gasteiger partial charge < -0.3 is 5.11 Å². The average Bonchev–Trinajstić information content (AvgIpc) is 2.90. The topological polar surface area (TPSA) is 54.4 Å². The second-order valence-electron chi connectivity index (χ2n) is 4.86. The summed E-state index contributed by atoms with van der Waals surface area (Å²) in [6.07, 6.45) is 0. The van der Waals surface area contributed by atoms with Crippen molar-refractivity contribution in [1.29, 1.82) is 0 Å². The van der Waals surface area contributed by atoms with Crippen molar-refractivity contribution >= 4 is 28.5 Å². The highest BCUT2D eigenvalue weighted by molar-refractivity contribution is 7.99. The summed E-state index contributed by atoms with van der Waals surface area (Å²) in [5.74, 6) is 0.559. The number of carboxylic acid groups (broad SMARTS) is 1. The number of fused-ring (bicyclic) bond motifs is 1. The Bertz CT molecular complexity index is 712. The van der Waals surface area contributed by atoms with Crippen molar-refractivity contribution in [2.75, 3.05) is 11.5 Å². The minimum Gasteiger partial charge on any atom is -0.478 e. The first-order valence-electron chi connectivity index (χ1n) is 6.59. The molecular formula is C16H14O3S2. The van der Waals surface area contributed by atoms with Gasteiger partial charge in [-0.15, -0.1) is 11.8 Å². The predicted molar refractivity (Wildman–Crippen MR) is 84.6 cm³/mol. The van der Waals surface area contributed by atoms with Gasteiger partial charge in [0, 0.05) is 22.3 Å². The highest BCUT2D eigenvalue weighted by atomic mass is 32.2. The second-order valence-corrected chi connectivity index (χ2v) is 7.39. The van der Waals surface area contributed by atoms with Crippen molar-refractivity contribution in [2.45, 2.75) is 15.7 Å². The molecule has 0 bridgehead atoms. The zero-order chi connectivity index (χ0) is 14.8. The van der Waals surface area contributed by atoms with Gasteiger partial charge in [0.2, 0.25) is 0 Å². The molecule has 0 aromatic heterocycles. The SMILES string of the molecule is O=C(O)c1ccccc1S(=O)CC1CSc2ccccc21. The molecule has 1 aliphatic rings. The first kappa shape index (κ1) is 14.4. The van der Waals surface area contributed by atoms with Gasteiger partial charge >= 0.3 is 5.97 Å². The summed E-state index contributed by atoms with van der Waals surface area (Å²) in [6.45, 7) is 0. The van der Waals surface area contributed by atoms with E-state index in [-0.39, 0.29) is 11.5 Å². The van der Waals surface area contributed by atoms with Gasteiger partial charge in [-0.3, -0.25) is 4.21 Å². The zero-order valence-corrected chi connectivity index (χ0v) is 12.8. The molecule has 2 unspecified atom stereocenters. The van der Waals surface area contributed by atoms with Crippen molar-refractivity contribution in [1.82, 2.24) is 0 Å². The molecule has 0 fully saturated rings. The molecule has 1 heterocycles. The lowest BCUT2D eigenvalue weighted by Gasteiger charge is -2.11. The van der Waals surface area contributed by atoms with Crippen LogP contribution in [0.1, 0.15) is 21.8 Å². The molecule has 5 heteroatoms. The van der Waals surface area contributed by atoms with E-state index in [0.29, 0.717) is 10.6 Å². The number of hydrogen-bond donors (Lipinski definition) is 1. The summed E-state index contributed by atoms with van der Waals surface area (Å²) in [7, 11) is -1.31. The molecule has 21 heavy (non-hydrogen) atoms. The Kier molecular flexibility index (Phi) is 4.12. The van der Waals surface area contributed by atoms with Crippen molar-refractivity contribution < 1.29 is 14.1 Å². The third-order valence-corrected chi connectivity index (χ3v) is 6.32. The van der Waals surface area contributed by atoms with Crippen LogP contribution in [-0.2, 0) is 10.8 Å². The van der Waals surface area contributed by atoms with E-state index in [1.54, 1.807) is 30.0 Å². The van der Waals surface area contributed by atoms with E-state index in [2.05, 4.69) is 12.1 Å². The lowest BCUT2D eigenvalue weighted by molar-refractivity contribution is 0.0693. The van der Waals surface area contributed by atoms with Gasteiger partial charge in [0.05, 0.1) is 21.3 Å². The van der Waals surface area contributed by atoms with Crippen LogP contribution in [0.25, 0.3) is 0 Å². The van der Waals surface area contributed by atoms with Crippen LogP contribution < -0.4 is 0 Å². The third-order valence-electron chi connectivity index (χ3n) is 3.51. The second kappa shape index (κ2) is 6.03. The highest BCUT2D eigenvalue weighted by Gasteiger charge is 2.26. The third kappa shape index (κ3) is 2.89. The van der Waals surface area contributed by atoms with Crippen LogP contribution in [0.5, 0.6) is 0 Å². The van der Waals surface area contributed by atoms with Crippen LogP contribution in [0.2, 0.25) is 0 Å². The molecule has 2 atom stereocenters. The molecular weight excluding hydrogens is 304 g/mol. The van der Waals surface area contributed by atoms with Crippen molar-refractivity contribution in [3.05, 3.63) is 59.7 Å². The molecule has 0 spiro atoms. The highest BCUT2D eigenvalue weighted by Crippen LogP contribution is 2.40. The molecule has 3 rings (SSSR count). The van der Waals surface area contributed by atoms with Gasteiger partial charge in [-0.05, 0) is 23.8 Å². The van der Waals surface area contributed by atoms with Crippen molar-refractivity contribution in [2.24, 2.45) is 0 Å². The molecule has 2 aromatic carbocycles. The number of hydrogen-bond acceptors (Lipinski definition) is 3. The maximum atomic E-state index is 12.6. The molecule has 1 aliphatic heterocycles. The predicted octanol–water partition coefficient (Wildman–Crippen LogP) is 3.38. The first-order chi connectivity index (χ1) is 10.2. The Balaban J connectivity index is 1.84. The van der Waals surface area contributed by atoms with Gasteiger partial charge in [0.1, 0.15) is 0 Å². The van der Waals surface area contributed by atoms with Gasteiger partial charge in [0.25, 0.3) is 0 Å². The lowest BCUT2D eigenvalue weighted by atomic mass is 10.0. The summed E-state index contributed by atoms with van der Waals surface area (Å²) in [5, 5.41) is 9.19. The normalized spacial score (nSPS) is 18.2. The largest absolute Gasteiger partial charge is 0.478 e. The number of carbonyl (C=O) groups is 1. The first-order valence-corrected chi connectivity index (χ1v) is 8.89. The van der Waals surface area contributed by atoms with E-state index in [0.717, 1.165) is 5.75 Å². The zero-order valence-electron chi connectivity index (χ0n) is 11.2. The number of aromatic carboxylic acids is 1. The van der Waals surface area contributed by atoms with E-state index in [1.807, 2.05) is 12.1 Å². The monoisotopic (exact) mass is 318 g/mol. The summed E-state index contributed by atoms with van der Waals surface area (Å²) in [5.41, 5.74) is 1.36. The number of thioether (sulfide) groups is 1. The Morgan fingerprint density at radius 2 is 1.90 bits per heavy atom. The quantitative estimate of drug-likeness (QED) is 0.939. The van der Waals surface area contributed by atoms with E-state index >= 15 is 0 Å². The number of benzene rings is 2. The Hall–Kier alpha value is -1.59. The van der Waals surface area contributed by atoms with Gasteiger partial charge in [0.15, 0.2) is 0 Å². The Labute approximate surface area is 129 Å². The van der Waals surface area contributed by atoms with Crippen molar-refractivity contribution in [3.63, 3.8) is 0 Å².